The van der Waals surface area contributed by atoms with Crippen LogP contribution in [0.5, 0.6) is 0 Å². The van der Waals surface area contributed by atoms with E-state index in [0.29, 0.717) is 5.92 Å². The van der Waals surface area contributed by atoms with Gasteiger partial charge in [-0.3, -0.25) is 4.79 Å². The smallest absolute Gasteiger partial charge is 0.137 e. The molecule has 0 aromatic heterocycles. The first-order valence-corrected chi connectivity index (χ1v) is 3.97. The van der Waals surface area contributed by atoms with E-state index in [1.54, 1.807) is 6.92 Å². The lowest BCUT2D eigenvalue weighted by atomic mass is 9.79. The molecular weight excluding hydrogens is 136 g/mol. The van der Waals surface area contributed by atoms with Crippen molar-refractivity contribution >= 4 is 5.78 Å². The number of carbonyl (C=O) groups is 1. The van der Waals surface area contributed by atoms with Crippen LogP contribution in [0.2, 0.25) is 0 Å². The van der Waals surface area contributed by atoms with E-state index < -0.39 is 0 Å². The van der Waals surface area contributed by atoms with Gasteiger partial charge in [0, 0.05) is 5.92 Å². The molecule has 0 fully saturated rings. The molecule has 0 heterocycles. The van der Waals surface area contributed by atoms with Crippen LogP contribution in [-0.2, 0) is 4.79 Å². The highest BCUT2D eigenvalue weighted by Crippen LogP contribution is 2.28. The van der Waals surface area contributed by atoms with Crippen LogP contribution in [0.4, 0.5) is 0 Å². The topological polar surface area (TPSA) is 17.1 Å². The molecule has 1 nitrogen and oxygen atoms in total. The summed E-state index contributed by atoms with van der Waals surface area (Å²) in [4.78, 5) is 11.1. The van der Waals surface area contributed by atoms with Crippen LogP contribution in [0.15, 0.2) is 24.3 Å². The van der Waals surface area contributed by atoms with E-state index in [4.69, 9.17) is 0 Å². The second-order valence-electron chi connectivity index (χ2n) is 3.24. The number of carbonyl (C=O) groups excluding carboxylic acids is 1. The lowest BCUT2D eigenvalue weighted by molar-refractivity contribution is -0.120. The third kappa shape index (κ3) is 1.59. The van der Waals surface area contributed by atoms with Gasteiger partial charge in [-0.25, -0.2) is 0 Å². The molecule has 0 saturated heterocycles. The van der Waals surface area contributed by atoms with Crippen LogP contribution < -0.4 is 0 Å². The highest BCUT2D eigenvalue weighted by atomic mass is 16.1. The molecule has 0 saturated carbocycles. The molecule has 0 aromatic carbocycles. The van der Waals surface area contributed by atoms with Gasteiger partial charge in [0.2, 0.25) is 0 Å². The second kappa shape index (κ2) is 3.04. The Kier molecular flexibility index (Phi) is 2.28. The lowest BCUT2D eigenvalue weighted by Gasteiger charge is -2.24. The van der Waals surface area contributed by atoms with Crippen LogP contribution in [0.1, 0.15) is 20.3 Å². The lowest BCUT2D eigenvalue weighted by Crippen LogP contribution is -2.22. The van der Waals surface area contributed by atoms with Crippen molar-refractivity contribution in [3.63, 3.8) is 0 Å². The first-order valence-electron chi connectivity index (χ1n) is 3.97. The summed E-state index contributed by atoms with van der Waals surface area (Å²) in [6, 6.07) is 0. The van der Waals surface area contributed by atoms with E-state index in [2.05, 4.69) is 25.7 Å². The van der Waals surface area contributed by atoms with Gasteiger partial charge in [-0.2, -0.15) is 0 Å². The van der Waals surface area contributed by atoms with Crippen molar-refractivity contribution in [1.82, 2.24) is 0 Å². The summed E-state index contributed by atoms with van der Waals surface area (Å²) in [6.45, 7) is 7.60. The Morgan fingerprint density at radius 3 is 2.73 bits per heavy atom. The van der Waals surface area contributed by atoms with Gasteiger partial charge in [0.25, 0.3) is 0 Å². The van der Waals surface area contributed by atoms with Crippen LogP contribution in [0, 0.1) is 11.8 Å². The molecule has 0 aromatic rings. The van der Waals surface area contributed by atoms with Crippen molar-refractivity contribution in [3.05, 3.63) is 24.3 Å². The Bertz CT molecular complexity index is 213. The number of allylic oxidation sites excluding steroid dienone is 3. The fourth-order valence-electron chi connectivity index (χ4n) is 1.70. The van der Waals surface area contributed by atoms with Gasteiger partial charge >= 0.3 is 0 Å². The quantitative estimate of drug-likeness (QED) is 0.524. The highest BCUT2D eigenvalue weighted by Gasteiger charge is 2.24. The van der Waals surface area contributed by atoms with Gasteiger partial charge in [-0.05, 0) is 19.3 Å². The normalized spacial score (nSPS) is 30.5. The van der Waals surface area contributed by atoms with Crippen molar-refractivity contribution in [2.75, 3.05) is 0 Å². The molecule has 0 aliphatic heterocycles. The maximum Gasteiger partial charge on any atom is 0.137 e. The Balaban J connectivity index is 2.83. The molecule has 0 radical (unpaired) electrons. The fraction of sp³-hybridized carbons (Fsp3) is 0.500. The summed E-state index contributed by atoms with van der Waals surface area (Å²) in [7, 11) is 0. The Morgan fingerprint density at radius 1 is 1.73 bits per heavy atom. The largest absolute Gasteiger partial charge is 0.299 e. The maximum atomic E-state index is 11.1. The molecule has 1 heteroatoms. The van der Waals surface area contributed by atoms with Crippen molar-refractivity contribution in [2.24, 2.45) is 11.8 Å². The molecule has 1 aliphatic rings. The van der Waals surface area contributed by atoms with Gasteiger partial charge < -0.3 is 0 Å². The number of Topliss-reactive ketones (excluding diaryl/α,β-unsaturated/α-hetero) is 1. The SMILES string of the molecule is C=C1CC=CC(C)C1C(C)=O. The zero-order valence-corrected chi connectivity index (χ0v) is 7.13. The molecule has 2 unspecified atom stereocenters. The third-order valence-corrected chi connectivity index (χ3v) is 2.22. The standard InChI is InChI=1S/C10H14O/c1-7-5-4-6-8(2)10(7)9(3)11/h4,6,8,10H,1,5H2,2-3H3. The first-order chi connectivity index (χ1) is 5.13. The van der Waals surface area contributed by atoms with E-state index in [0.717, 1.165) is 12.0 Å². The van der Waals surface area contributed by atoms with Gasteiger partial charge in [0.1, 0.15) is 5.78 Å². The third-order valence-electron chi connectivity index (χ3n) is 2.22. The van der Waals surface area contributed by atoms with E-state index in [-0.39, 0.29) is 11.7 Å². The molecule has 1 rings (SSSR count). The molecule has 1 aliphatic carbocycles. The van der Waals surface area contributed by atoms with Crippen LogP contribution in [0.25, 0.3) is 0 Å². The molecule has 0 spiro atoms. The zero-order valence-electron chi connectivity index (χ0n) is 7.13. The molecule has 0 N–H and O–H groups in total. The van der Waals surface area contributed by atoms with Crippen LogP contribution in [-0.4, -0.2) is 5.78 Å². The van der Waals surface area contributed by atoms with E-state index in [1.165, 1.54) is 0 Å². The molecule has 2 atom stereocenters. The average molecular weight is 150 g/mol. The number of rotatable bonds is 1. The van der Waals surface area contributed by atoms with Crippen LogP contribution >= 0.6 is 0 Å². The second-order valence-corrected chi connectivity index (χ2v) is 3.24. The number of hydrogen-bond donors (Lipinski definition) is 0. The molecule has 0 bridgehead atoms. The molecule has 11 heavy (non-hydrogen) atoms. The van der Waals surface area contributed by atoms with Gasteiger partial charge in [0.15, 0.2) is 0 Å². The van der Waals surface area contributed by atoms with Crippen molar-refractivity contribution in [2.45, 2.75) is 20.3 Å². The fourth-order valence-corrected chi connectivity index (χ4v) is 1.70. The predicted octanol–water partition coefficient (Wildman–Crippen LogP) is 2.34. The maximum absolute atomic E-state index is 11.1. The van der Waals surface area contributed by atoms with E-state index >= 15 is 0 Å². The van der Waals surface area contributed by atoms with Crippen molar-refractivity contribution in [1.29, 1.82) is 0 Å². The van der Waals surface area contributed by atoms with Gasteiger partial charge in [-0.15, -0.1) is 0 Å². The summed E-state index contributed by atoms with van der Waals surface area (Å²) >= 11 is 0. The Hall–Kier alpha value is -0.850. The average Bonchev–Trinajstić information content (AvgIpc) is 1.85. The zero-order chi connectivity index (χ0) is 8.43. The summed E-state index contributed by atoms with van der Waals surface area (Å²) in [6.07, 6.45) is 5.06. The minimum Gasteiger partial charge on any atom is -0.299 e. The summed E-state index contributed by atoms with van der Waals surface area (Å²) < 4.78 is 0. The summed E-state index contributed by atoms with van der Waals surface area (Å²) in [5.41, 5.74) is 1.06. The van der Waals surface area contributed by atoms with Gasteiger partial charge in [0.05, 0.1) is 0 Å². The predicted molar refractivity (Wildman–Crippen MR) is 46.2 cm³/mol. The minimum atomic E-state index is 0.0694. The molecular formula is C10H14O. The molecule has 0 amide bonds. The summed E-state index contributed by atoms with van der Waals surface area (Å²) in [5.74, 6) is 0.653. The molecule has 60 valence electrons. The Morgan fingerprint density at radius 2 is 2.36 bits per heavy atom. The van der Waals surface area contributed by atoms with Crippen LogP contribution in [0.3, 0.4) is 0 Å². The number of ketones is 1. The van der Waals surface area contributed by atoms with Crippen molar-refractivity contribution < 1.29 is 4.79 Å². The minimum absolute atomic E-state index is 0.0694. The van der Waals surface area contributed by atoms with Gasteiger partial charge in [-0.1, -0.05) is 31.2 Å². The highest BCUT2D eigenvalue weighted by molar-refractivity contribution is 5.82. The number of hydrogen-bond acceptors (Lipinski definition) is 1. The Labute approximate surface area is 67.8 Å². The summed E-state index contributed by atoms with van der Waals surface area (Å²) in [5, 5.41) is 0. The monoisotopic (exact) mass is 150 g/mol. The van der Waals surface area contributed by atoms with E-state index in [9.17, 15) is 4.79 Å². The van der Waals surface area contributed by atoms with Crippen molar-refractivity contribution in [3.8, 4) is 0 Å². The first kappa shape index (κ1) is 8.25. The van der Waals surface area contributed by atoms with E-state index in [1.807, 2.05) is 0 Å².